The molecule has 28 heavy (non-hydrogen) atoms. The van der Waals surface area contributed by atoms with E-state index in [1.165, 1.54) is 12.3 Å². The van der Waals surface area contributed by atoms with Crippen LogP contribution < -0.4 is 9.08 Å². The number of rotatable bonds is 8. The van der Waals surface area contributed by atoms with Crippen molar-refractivity contribution in [2.75, 3.05) is 44.7 Å². The average Bonchev–Trinajstić information content (AvgIpc) is 2.92. The Balaban J connectivity index is 2.17. The Labute approximate surface area is 165 Å². The van der Waals surface area contributed by atoms with Gasteiger partial charge in [-0.05, 0) is 13.1 Å². The third-order valence-electron chi connectivity index (χ3n) is 4.39. The van der Waals surface area contributed by atoms with Crippen LogP contribution in [0, 0.1) is 0 Å². The predicted molar refractivity (Wildman–Crippen MR) is 104 cm³/mol. The monoisotopic (exact) mass is 443 g/mol. The van der Waals surface area contributed by atoms with Crippen LogP contribution in [0.25, 0.3) is 0 Å². The van der Waals surface area contributed by atoms with E-state index in [0.29, 0.717) is 25.5 Å². The van der Waals surface area contributed by atoms with E-state index in [1.807, 2.05) is 11.9 Å². The summed E-state index contributed by atoms with van der Waals surface area (Å²) in [5.41, 5.74) is -5.48. The highest BCUT2D eigenvalue weighted by molar-refractivity contribution is 7.88. The molecule has 1 aromatic heterocycles. The smallest absolute Gasteiger partial charge is 0.374 e. The van der Waals surface area contributed by atoms with Crippen molar-refractivity contribution in [1.82, 2.24) is 9.47 Å². The number of nitrogens with zero attached hydrogens (tertiary/aromatic N) is 3. The summed E-state index contributed by atoms with van der Waals surface area (Å²) in [7, 11) is -5.00. The van der Waals surface area contributed by atoms with Gasteiger partial charge in [-0.2, -0.15) is 21.6 Å². The van der Waals surface area contributed by atoms with E-state index >= 15 is 0 Å². The Kier molecular flexibility index (Phi) is 7.11. The second-order valence-corrected chi connectivity index (χ2v) is 15.3. The van der Waals surface area contributed by atoms with E-state index < -0.39 is 23.7 Å². The van der Waals surface area contributed by atoms with Crippen molar-refractivity contribution < 1.29 is 30.5 Å². The van der Waals surface area contributed by atoms with Crippen LogP contribution in [0.5, 0.6) is 5.75 Å². The van der Waals surface area contributed by atoms with Gasteiger partial charge in [-0.3, -0.25) is 0 Å². The zero-order valence-electron chi connectivity index (χ0n) is 16.6. The first-order chi connectivity index (χ1) is 12.8. The van der Waals surface area contributed by atoms with Crippen molar-refractivity contribution in [2.45, 2.75) is 37.9 Å². The topological polar surface area (TPSA) is 64.0 Å². The molecule has 0 spiro atoms. The van der Waals surface area contributed by atoms with Gasteiger partial charge in [-0.15, -0.1) is 0 Å². The fraction of sp³-hybridized carbons (Fsp3) is 0.750. The van der Waals surface area contributed by atoms with Crippen molar-refractivity contribution in [1.29, 1.82) is 0 Å². The van der Waals surface area contributed by atoms with Crippen molar-refractivity contribution in [3.8, 4) is 5.75 Å². The first kappa shape index (κ1) is 23.0. The van der Waals surface area contributed by atoms with Crippen LogP contribution in [-0.2, 0) is 21.6 Å². The lowest BCUT2D eigenvalue weighted by Gasteiger charge is -2.34. The highest BCUT2D eigenvalue weighted by atomic mass is 32.2. The molecule has 0 amide bonds. The standard InChI is InChI=1S/C16H28F3N3O4SSi/c1-20-5-7-21(8-6-20)15-11-14(26-27(23,24)16(17,18)19)12-22(15)13-25-9-10-28(2,3)4/h11-12H,5-10,13H2,1-4H3. The van der Waals surface area contributed by atoms with Crippen LogP contribution >= 0.6 is 0 Å². The SMILES string of the molecule is CN1CCN(c2cc(OS(=O)(=O)C(F)(F)F)cn2COCC[Si](C)(C)C)CC1. The second kappa shape index (κ2) is 8.64. The summed E-state index contributed by atoms with van der Waals surface area (Å²) >= 11 is 0. The first-order valence-electron chi connectivity index (χ1n) is 9.01. The van der Waals surface area contributed by atoms with Gasteiger partial charge in [-0.25, -0.2) is 0 Å². The Morgan fingerprint density at radius 1 is 1.14 bits per heavy atom. The van der Waals surface area contributed by atoms with E-state index in [9.17, 15) is 21.6 Å². The number of alkyl halides is 3. The van der Waals surface area contributed by atoms with Gasteiger partial charge in [0.2, 0.25) is 0 Å². The Morgan fingerprint density at radius 3 is 2.29 bits per heavy atom. The zero-order valence-corrected chi connectivity index (χ0v) is 18.4. The maximum atomic E-state index is 12.6. The molecule has 0 radical (unpaired) electrons. The molecule has 0 N–H and O–H groups in total. The fourth-order valence-corrected chi connectivity index (χ4v) is 3.84. The summed E-state index contributed by atoms with van der Waals surface area (Å²) < 4.78 is 72.1. The molecule has 1 aromatic rings. The Bertz CT molecular complexity index is 754. The van der Waals surface area contributed by atoms with Crippen LogP contribution in [0.15, 0.2) is 12.3 Å². The van der Waals surface area contributed by atoms with Crippen LogP contribution in [0.3, 0.4) is 0 Å². The molecule has 0 bridgehead atoms. The average molecular weight is 444 g/mol. The Morgan fingerprint density at radius 2 is 1.75 bits per heavy atom. The molecular formula is C16H28F3N3O4SSi. The number of anilines is 1. The van der Waals surface area contributed by atoms with E-state index in [1.54, 1.807) is 4.57 Å². The van der Waals surface area contributed by atoms with Gasteiger partial charge in [0.25, 0.3) is 0 Å². The minimum absolute atomic E-state index is 0.113. The largest absolute Gasteiger partial charge is 0.534 e. The molecule has 1 fully saturated rings. The summed E-state index contributed by atoms with van der Waals surface area (Å²) in [5, 5.41) is 0. The number of aromatic nitrogens is 1. The maximum absolute atomic E-state index is 12.6. The van der Waals surface area contributed by atoms with Crippen LogP contribution in [0.2, 0.25) is 25.7 Å². The summed E-state index contributed by atoms with van der Waals surface area (Å²) in [6.07, 6.45) is 1.24. The number of hydrogen-bond donors (Lipinski definition) is 0. The van der Waals surface area contributed by atoms with Gasteiger partial charge < -0.3 is 23.3 Å². The van der Waals surface area contributed by atoms with Gasteiger partial charge >= 0.3 is 15.6 Å². The number of likely N-dealkylation sites (N-methyl/N-ethyl adjacent to an activating group) is 1. The van der Waals surface area contributed by atoms with Crippen molar-refractivity contribution in [3.63, 3.8) is 0 Å². The molecule has 0 atom stereocenters. The van der Waals surface area contributed by atoms with Gasteiger partial charge in [0.05, 0.1) is 6.20 Å². The summed E-state index contributed by atoms with van der Waals surface area (Å²) in [6, 6.07) is 2.26. The lowest BCUT2D eigenvalue weighted by atomic mass is 10.3. The van der Waals surface area contributed by atoms with E-state index in [0.717, 1.165) is 19.1 Å². The van der Waals surface area contributed by atoms with Crippen molar-refractivity contribution in [3.05, 3.63) is 12.3 Å². The van der Waals surface area contributed by atoms with Gasteiger partial charge in [0, 0.05) is 46.9 Å². The van der Waals surface area contributed by atoms with Crippen LogP contribution in [0.1, 0.15) is 0 Å². The molecule has 1 aliphatic rings. The molecule has 162 valence electrons. The predicted octanol–water partition coefficient (Wildman–Crippen LogP) is 2.78. The molecule has 0 aromatic carbocycles. The highest BCUT2D eigenvalue weighted by Gasteiger charge is 2.48. The normalized spacial score (nSPS) is 17.2. The lowest BCUT2D eigenvalue weighted by Crippen LogP contribution is -2.45. The van der Waals surface area contributed by atoms with E-state index in [2.05, 4.69) is 28.7 Å². The first-order valence-corrected chi connectivity index (χ1v) is 14.1. The Hall–Kier alpha value is -1.24. The third-order valence-corrected chi connectivity index (χ3v) is 7.08. The van der Waals surface area contributed by atoms with Gasteiger partial charge in [0.15, 0.2) is 5.75 Å². The molecule has 2 heterocycles. The zero-order chi connectivity index (χ0) is 21.2. The minimum atomic E-state index is -5.71. The fourth-order valence-electron chi connectivity index (χ4n) is 2.64. The molecule has 1 aliphatic heterocycles. The third kappa shape index (κ3) is 6.39. The molecule has 1 saturated heterocycles. The summed E-state index contributed by atoms with van der Waals surface area (Å²) in [5.74, 6) is 0.202. The maximum Gasteiger partial charge on any atom is 0.534 e. The molecule has 7 nitrogen and oxygen atoms in total. The number of halogens is 3. The minimum Gasteiger partial charge on any atom is -0.374 e. The molecule has 0 saturated carbocycles. The second-order valence-electron chi connectivity index (χ2n) is 8.13. The lowest BCUT2D eigenvalue weighted by molar-refractivity contribution is -0.0500. The van der Waals surface area contributed by atoms with Gasteiger partial charge in [-0.1, -0.05) is 19.6 Å². The molecule has 2 rings (SSSR count). The van der Waals surface area contributed by atoms with Crippen LogP contribution in [0.4, 0.5) is 19.0 Å². The molecule has 0 unspecified atom stereocenters. The van der Waals surface area contributed by atoms with Crippen molar-refractivity contribution in [2.24, 2.45) is 0 Å². The molecule has 12 heteroatoms. The molecule has 0 aliphatic carbocycles. The summed E-state index contributed by atoms with van der Waals surface area (Å²) in [4.78, 5) is 4.12. The number of ether oxygens (including phenoxy) is 1. The van der Waals surface area contributed by atoms with Crippen LogP contribution in [-0.4, -0.2) is 71.3 Å². The van der Waals surface area contributed by atoms with Gasteiger partial charge in [0.1, 0.15) is 12.5 Å². The van der Waals surface area contributed by atoms with E-state index in [4.69, 9.17) is 4.74 Å². The van der Waals surface area contributed by atoms with E-state index in [-0.39, 0.29) is 12.5 Å². The number of piperazine rings is 1. The quantitative estimate of drug-likeness (QED) is 0.266. The highest BCUT2D eigenvalue weighted by Crippen LogP contribution is 2.31. The molecular weight excluding hydrogens is 415 g/mol. The van der Waals surface area contributed by atoms with Crippen molar-refractivity contribution >= 4 is 24.0 Å². The number of hydrogen-bond acceptors (Lipinski definition) is 6. The summed E-state index contributed by atoms with van der Waals surface area (Å²) in [6.45, 7) is 10.2.